The molecule has 29 heavy (non-hydrogen) atoms. The van der Waals surface area contributed by atoms with Gasteiger partial charge in [-0.05, 0) is 29.8 Å². The molecule has 0 atom stereocenters. The van der Waals surface area contributed by atoms with Crippen molar-refractivity contribution in [2.45, 2.75) is 19.8 Å². The zero-order valence-electron chi connectivity index (χ0n) is 15.7. The molecular formula is C14H24O14S. The molecule has 0 aromatic carbocycles. The van der Waals surface area contributed by atoms with Gasteiger partial charge in [0.25, 0.3) is 10.1 Å². The van der Waals surface area contributed by atoms with Crippen LogP contribution >= 0.6 is 0 Å². The van der Waals surface area contributed by atoms with Gasteiger partial charge in [0.2, 0.25) is 0 Å². The maximum atomic E-state index is 11.0. The Hall–Kier alpha value is -1.82. The number of carbonyl (C=O) groups is 1. The summed E-state index contributed by atoms with van der Waals surface area (Å²) in [4.78, 5) is 19.8. The molecule has 0 fully saturated rings. The van der Waals surface area contributed by atoms with Crippen LogP contribution in [0.5, 0.6) is 0 Å². The minimum atomic E-state index is -3.96. The Morgan fingerprint density at radius 3 is 2.34 bits per heavy atom. The number of hydrogen-bond donors (Lipinski definition) is 1. The van der Waals surface area contributed by atoms with E-state index in [-0.39, 0.29) is 45.2 Å². The molecule has 0 bridgehead atoms. The van der Waals surface area contributed by atoms with Crippen molar-refractivity contribution in [1.82, 2.24) is 0 Å². The Morgan fingerprint density at radius 1 is 0.931 bits per heavy atom. The first-order chi connectivity index (χ1) is 13.8. The van der Waals surface area contributed by atoms with Crippen LogP contribution in [0.15, 0.2) is 24.7 Å². The van der Waals surface area contributed by atoms with Crippen LogP contribution in [0.25, 0.3) is 0 Å². The Kier molecular flexibility index (Phi) is 17.1. The van der Waals surface area contributed by atoms with E-state index >= 15 is 0 Å². The number of carbonyl (C=O) groups excluding carboxylic acids is 1. The molecule has 0 aliphatic heterocycles. The summed E-state index contributed by atoms with van der Waals surface area (Å²) in [5.41, 5.74) is 0.298. The summed E-state index contributed by atoms with van der Waals surface area (Å²) in [6.45, 7) is 5.49. The smallest absolute Gasteiger partial charge is 0.333 e. The Bertz CT molecular complexity index is 561. The zero-order valence-corrected chi connectivity index (χ0v) is 16.5. The van der Waals surface area contributed by atoms with E-state index in [0.29, 0.717) is 12.0 Å². The fourth-order valence-corrected chi connectivity index (χ4v) is 1.81. The second kappa shape index (κ2) is 18.2. The topological polar surface area (TPSA) is 164 Å². The molecule has 0 saturated carbocycles. The van der Waals surface area contributed by atoms with E-state index in [0.717, 1.165) is 12.5 Å². The molecule has 0 saturated heterocycles. The van der Waals surface area contributed by atoms with Gasteiger partial charge in [-0.3, -0.25) is 4.55 Å². The number of esters is 1. The molecule has 0 spiro atoms. The molecule has 1 N–H and O–H groups in total. The van der Waals surface area contributed by atoms with Crippen molar-refractivity contribution in [2.75, 3.05) is 38.8 Å². The summed E-state index contributed by atoms with van der Waals surface area (Å²) in [5.74, 6) is -0.835. The van der Waals surface area contributed by atoms with E-state index in [9.17, 15) is 13.2 Å². The molecule has 0 unspecified atom stereocenters. The fraction of sp³-hybridized carbons (Fsp3) is 0.643. The van der Waals surface area contributed by atoms with Crippen molar-refractivity contribution in [3.05, 3.63) is 24.7 Å². The fourth-order valence-electron chi connectivity index (χ4n) is 1.24. The third kappa shape index (κ3) is 22.3. The van der Waals surface area contributed by atoms with Crippen LogP contribution in [0.3, 0.4) is 0 Å². The van der Waals surface area contributed by atoms with Crippen molar-refractivity contribution in [3.8, 4) is 0 Å². The molecule has 0 amide bonds. The molecule has 15 heteroatoms. The molecule has 0 aliphatic rings. The lowest BCUT2D eigenvalue weighted by Gasteiger charge is -2.05. The average Bonchev–Trinajstić information content (AvgIpc) is 2.65. The second-order valence-corrected chi connectivity index (χ2v) is 6.50. The molecule has 170 valence electrons. The van der Waals surface area contributed by atoms with Crippen LogP contribution in [0.1, 0.15) is 19.8 Å². The SMILES string of the molecule is C=C(C)C(=O)OCCOCCOOOOOOO/C=C/OCCCCS(=O)(=O)O. The largest absolute Gasteiger partial charge is 0.498 e. The maximum Gasteiger partial charge on any atom is 0.333 e. The van der Waals surface area contributed by atoms with Crippen LogP contribution in [0.4, 0.5) is 0 Å². The van der Waals surface area contributed by atoms with Gasteiger partial charge in [-0.2, -0.15) is 8.42 Å². The highest BCUT2D eigenvalue weighted by atomic mass is 32.2. The minimum absolute atomic E-state index is 0.0283. The Morgan fingerprint density at radius 2 is 1.62 bits per heavy atom. The number of ether oxygens (including phenoxy) is 3. The third-order valence-electron chi connectivity index (χ3n) is 2.44. The number of unbranched alkanes of at least 4 members (excludes halogenated alkanes) is 1. The lowest BCUT2D eigenvalue weighted by Crippen LogP contribution is -2.13. The summed E-state index contributed by atoms with van der Waals surface area (Å²) in [6.07, 6.45) is 2.69. The van der Waals surface area contributed by atoms with Crippen molar-refractivity contribution in [3.63, 3.8) is 0 Å². The van der Waals surface area contributed by atoms with Gasteiger partial charge in [-0.1, -0.05) is 6.58 Å². The van der Waals surface area contributed by atoms with Crippen molar-refractivity contribution < 1.29 is 66.9 Å². The predicted octanol–water partition coefficient (Wildman–Crippen LogP) is 0.884. The average molecular weight is 448 g/mol. The van der Waals surface area contributed by atoms with Crippen LogP contribution in [0, 0.1) is 0 Å². The van der Waals surface area contributed by atoms with Gasteiger partial charge in [-0.15, -0.1) is 0 Å². The summed E-state index contributed by atoms with van der Waals surface area (Å²) in [5, 5.41) is 19.7. The summed E-state index contributed by atoms with van der Waals surface area (Å²) >= 11 is 0. The monoisotopic (exact) mass is 448 g/mol. The van der Waals surface area contributed by atoms with Gasteiger partial charge >= 0.3 is 5.97 Å². The first-order valence-electron chi connectivity index (χ1n) is 8.06. The molecule has 0 aromatic heterocycles. The van der Waals surface area contributed by atoms with E-state index in [1.807, 2.05) is 0 Å². The highest BCUT2D eigenvalue weighted by Crippen LogP contribution is 1.96. The van der Waals surface area contributed by atoms with Crippen molar-refractivity contribution in [1.29, 1.82) is 0 Å². The standard InChI is InChI=1S/C14H24O14S/c1-13(2)14(15)21-9-6-20-8-11-23-25-27-28-26-24-22-10-7-19-5-3-4-12-29(16,17)18/h7,10H,1,3-6,8-9,11-12H2,2H3,(H,16,17,18)/b10-7+. The van der Waals surface area contributed by atoms with E-state index < -0.39 is 16.1 Å². The Labute approximate surface area is 167 Å². The van der Waals surface area contributed by atoms with Gasteiger partial charge < -0.3 is 19.1 Å². The van der Waals surface area contributed by atoms with Gasteiger partial charge in [0.1, 0.15) is 19.5 Å². The van der Waals surface area contributed by atoms with Gasteiger partial charge in [-0.25, -0.2) is 9.68 Å². The molecule has 14 nitrogen and oxygen atoms in total. The van der Waals surface area contributed by atoms with Gasteiger partial charge in [0.15, 0.2) is 6.26 Å². The summed E-state index contributed by atoms with van der Waals surface area (Å²) in [6, 6.07) is 0. The molecule has 0 aliphatic carbocycles. The van der Waals surface area contributed by atoms with E-state index in [2.05, 4.69) is 41.5 Å². The third-order valence-corrected chi connectivity index (χ3v) is 3.25. The van der Waals surface area contributed by atoms with Crippen molar-refractivity contribution in [2.24, 2.45) is 0 Å². The van der Waals surface area contributed by atoms with Gasteiger partial charge in [0.05, 0.1) is 25.6 Å². The summed E-state index contributed by atoms with van der Waals surface area (Å²) < 4.78 is 44.1. The van der Waals surface area contributed by atoms with Crippen LogP contribution < -0.4 is 0 Å². The zero-order chi connectivity index (χ0) is 21.8. The second-order valence-electron chi connectivity index (χ2n) is 4.92. The molecule has 0 rings (SSSR count). The first kappa shape index (κ1) is 27.2. The highest BCUT2D eigenvalue weighted by Gasteiger charge is 2.03. The lowest BCUT2D eigenvalue weighted by molar-refractivity contribution is -0.786. The quantitative estimate of drug-likeness (QED) is 0.0531. The molecule has 0 radical (unpaired) electrons. The first-order valence-corrected chi connectivity index (χ1v) is 9.67. The molecular weight excluding hydrogens is 424 g/mol. The number of hydrogen-bond acceptors (Lipinski definition) is 13. The van der Waals surface area contributed by atoms with Crippen LogP contribution in [0.2, 0.25) is 0 Å². The van der Waals surface area contributed by atoms with E-state index in [4.69, 9.17) is 18.8 Å². The minimum Gasteiger partial charge on any atom is -0.498 e. The molecule has 0 heterocycles. The number of rotatable bonds is 20. The van der Waals surface area contributed by atoms with Crippen molar-refractivity contribution >= 4 is 16.1 Å². The summed E-state index contributed by atoms with van der Waals surface area (Å²) in [7, 11) is -3.96. The van der Waals surface area contributed by atoms with E-state index in [1.54, 1.807) is 0 Å². The maximum absolute atomic E-state index is 11.0. The predicted molar refractivity (Wildman–Crippen MR) is 89.8 cm³/mol. The van der Waals surface area contributed by atoms with Gasteiger partial charge in [0, 0.05) is 20.7 Å². The van der Waals surface area contributed by atoms with Crippen LogP contribution in [-0.2, 0) is 64.1 Å². The normalized spacial score (nSPS) is 11.5. The van der Waals surface area contributed by atoms with Crippen LogP contribution in [-0.4, -0.2) is 57.7 Å². The molecule has 0 aromatic rings. The lowest BCUT2D eigenvalue weighted by atomic mass is 10.4. The highest BCUT2D eigenvalue weighted by molar-refractivity contribution is 7.85. The van der Waals surface area contributed by atoms with E-state index in [1.165, 1.54) is 6.92 Å². The Balaban J connectivity index is 3.20.